The van der Waals surface area contributed by atoms with Crippen molar-refractivity contribution in [3.8, 4) is 5.69 Å². The molecule has 0 saturated carbocycles. The molecule has 0 atom stereocenters. The Morgan fingerprint density at radius 3 is 2.48 bits per heavy atom. The zero-order valence-corrected chi connectivity index (χ0v) is 12.7. The lowest BCUT2D eigenvalue weighted by molar-refractivity contribution is -0.137. The molecular formula is C16H12F3N3S. The van der Waals surface area contributed by atoms with Crippen LogP contribution in [0, 0.1) is 4.77 Å². The quantitative estimate of drug-likeness (QED) is 0.713. The van der Waals surface area contributed by atoms with Gasteiger partial charge in [0.15, 0.2) is 4.77 Å². The number of hydrogen-bond donors (Lipinski definition) is 1. The van der Waals surface area contributed by atoms with Gasteiger partial charge in [0, 0.05) is 12.1 Å². The average Bonchev–Trinajstić information content (AvgIpc) is 2.88. The van der Waals surface area contributed by atoms with Crippen LogP contribution in [0.15, 0.2) is 54.6 Å². The normalized spacial score (nSPS) is 11.6. The Labute approximate surface area is 135 Å². The summed E-state index contributed by atoms with van der Waals surface area (Å²) in [6.45, 7) is 0. The van der Waals surface area contributed by atoms with Gasteiger partial charge >= 0.3 is 6.18 Å². The Morgan fingerprint density at radius 1 is 1.04 bits per heavy atom. The van der Waals surface area contributed by atoms with E-state index in [0.29, 0.717) is 16.2 Å². The Morgan fingerprint density at radius 2 is 1.78 bits per heavy atom. The van der Waals surface area contributed by atoms with E-state index in [1.54, 1.807) is 10.6 Å². The fraction of sp³-hybridized carbons (Fsp3) is 0.125. The minimum absolute atomic E-state index is 0.242. The highest BCUT2D eigenvalue weighted by Crippen LogP contribution is 2.30. The van der Waals surface area contributed by atoms with Gasteiger partial charge in [0.05, 0.1) is 5.56 Å². The summed E-state index contributed by atoms with van der Waals surface area (Å²) < 4.78 is 40.6. The van der Waals surface area contributed by atoms with Crippen molar-refractivity contribution in [2.24, 2.45) is 0 Å². The number of nitrogens with zero attached hydrogens (tertiary/aromatic N) is 2. The minimum Gasteiger partial charge on any atom is -0.272 e. The van der Waals surface area contributed by atoms with Gasteiger partial charge in [-0.15, -0.1) is 0 Å². The van der Waals surface area contributed by atoms with E-state index >= 15 is 0 Å². The van der Waals surface area contributed by atoms with Gasteiger partial charge in [-0.3, -0.25) is 9.67 Å². The number of benzene rings is 2. The molecule has 3 nitrogen and oxygen atoms in total. The van der Waals surface area contributed by atoms with Crippen molar-refractivity contribution in [1.29, 1.82) is 0 Å². The number of nitrogens with one attached hydrogen (secondary N) is 1. The molecule has 0 radical (unpaired) electrons. The van der Waals surface area contributed by atoms with Crippen LogP contribution in [0.3, 0.4) is 0 Å². The maximum Gasteiger partial charge on any atom is 0.416 e. The molecule has 0 spiro atoms. The van der Waals surface area contributed by atoms with Crippen LogP contribution in [0.5, 0.6) is 0 Å². The van der Waals surface area contributed by atoms with E-state index in [0.717, 1.165) is 17.8 Å². The fourth-order valence-electron chi connectivity index (χ4n) is 2.33. The van der Waals surface area contributed by atoms with Crippen molar-refractivity contribution >= 4 is 12.2 Å². The standard InChI is InChI=1S/C16H12F3N3S/c17-16(18,19)12-6-4-5-11(9-12)10-14-20-21-15(23)22(14)13-7-2-1-3-8-13/h1-9H,10H2,(H,21,23). The molecule has 0 fully saturated rings. The molecule has 1 aromatic heterocycles. The maximum absolute atomic E-state index is 12.8. The van der Waals surface area contributed by atoms with E-state index in [1.807, 2.05) is 30.3 Å². The molecule has 23 heavy (non-hydrogen) atoms. The van der Waals surface area contributed by atoms with Crippen LogP contribution in [0.4, 0.5) is 13.2 Å². The van der Waals surface area contributed by atoms with Crippen LogP contribution in [-0.2, 0) is 12.6 Å². The summed E-state index contributed by atoms with van der Waals surface area (Å²) in [6.07, 6.45) is -4.12. The predicted molar refractivity (Wildman–Crippen MR) is 83.0 cm³/mol. The van der Waals surface area contributed by atoms with Gasteiger partial charge in [-0.25, -0.2) is 0 Å². The lowest BCUT2D eigenvalue weighted by Crippen LogP contribution is -2.07. The first-order chi connectivity index (χ1) is 10.9. The third-order valence-corrected chi connectivity index (χ3v) is 3.65. The largest absolute Gasteiger partial charge is 0.416 e. The Bertz CT molecular complexity index is 866. The molecule has 0 amide bonds. The van der Waals surface area contributed by atoms with Gasteiger partial charge in [0.1, 0.15) is 5.82 Å². The molecule has 1 N–H and O–H groups in total. The highest BCUT2D eigenvalue weighted by molar-refractivity contribution is 7.71. The van der Waals surface area contributed by atoms with Crippen molar-refractivity contribution in [3.63, 3.8) is 0 Å². The van der Waals surface area contributed by atoms with Crippen LogP contribution in [0.2, 0.25) is 0 Å². The van der Waals surface area contributed by atoms with Gasteiger partial charge in [0.2, 0.25) is 0 Å². The summed E-state index contributed by atoms with van der Waals surface area (Å²) >= 11 is 5.22. The molecule has 2 aromatic carbocycles. The summed E-state index contributed by atoms with van der Waals surface area (Å²) in [6, 6.07) is 14.5. The zero-order chi connectivity index (χ0) is 16.4. The molecule has 0 unspecified atom stereocenters. The summed E-state index contributed by atoms with van der Waals surface area (Å²) in [7, 11) is 0. The SMILES string of the molecule is FC(F)(F)c1cccc(Cc2n[nH]c(=S)n2-c2ccccc2)c1. The van der Waals surface area contributed by atoms with E-state index in [9.17, 15) is 13.2 Å². The van der Waals surface area contributed by atoms with Crippen molar-refractivity contribution in [2.45, 2.75) is 12.6 Å². The fourth-order valence-corrected chi connectivity index (χ4v) is 2.59. The van der Waals surface area contributed by atoms with E-state index in [1.165, 1.54) is 6.07 Å². The molecule has 0 aliphatic rings. The zero-order valence-electron chi connectivity index (χ0n) is 11.8. The smallest absolute Gasteiger partial charge is 0.272 e. The Hall–Kier alpha value is -2.41. The Balaban J connectivity index is 1.98. The van der Waals surface area contributed by atoms with Gasteiger partial charge < -0.3 is 0 Å². The predicted octanol–water partition coefficient (Wildman–Crippen LogP) is 4.54. The van der Waals surface area contributed by atoms with E-state index in [-0.39, 0.29) is 6.42 Å². The molecule has 118 valence electrons. The van der Waals surface area contributed by atoms with Crippen molar-refractivity contribution < 1.29 is 13.2 Å². The molecule has 0 aliphatic carbocycles. The first kappa shape index (κ1) is 15.5. The average molecular weight is 335 g/mol. The van der Waals surface area contributed by atoms with Crippen LogP contribution >= 0.6 is 12.2 Å². The number of halogens is 3. The first-order valence-corrected chi connectivity index (χ1v) is 7.24. The van der Waals surface area contributed by atoms with Crippen molar-refractivity contribution in [1.82, 2.24) is 14.8 Å². The molecule has 0 saturated heterocycles. The molecule has 1 heterocycles. The molecule has 0 aliphatic heterocycles. The number of aromatic amines is 1. The second-order valence-electron chi connectivity index (χ2n) is 4.99. The number of aromatic nitrogens is 3. The summed E-state index contributed by atoms with van der Waals surface area (Å²) in [5.74, 6) is 0.556. The lowest BCUT2D eigenvalue weighted by Gasteiger charge is -2.10. The molecule has 7 heteroatoms. The third kappa shape index (κ3) is 3.34. The number of para-hydroxylation sites is 1. The second-order valence-corrected chi connectivity index (χ2v) is 5.38. The van der Waals surface area contributed by atoms with Gasteiger partial charge in [-0.1, -0.05) is 36.4 Å². The van der Waals surface area contributed by atoms with E-state index in [4.69, 9.17) is 12.2 Å². The van der Waals surface area contributed by atoms with Gasteiger partial charge in [-0.2, -0.15) is 18.3 Å². The summed E-state index contributed by atoms with van der Waals surface area (Å²) in [5, 5.41) is 6.84. The van der Waals surface area contributed by atoms with E-state index < -0.39 is 11.7 Å². The molecule has 0 bridgehead atoms. The summed E-state index contributed by atoms with van der Waals surface area (Å²) in [4.78, 5) is 0. The third-order valence-electron chi connectivity index (χ3n) is 3.37. The van der Waals surface area contributed by atoms with Gasteiger partial charge in [0.25, 0.3) is 0 Å². The second kappa shape index (κ2) is 6.00. The summed E-state index contributed by atoms with van der Waals surface area (Å²) in [5.41, 5.74) is 0.662. The van der Waals surface area contributed by atoms with Crippen molar-refractivity contribution in [2.75, 3.05) is 0 Å². The maximum atomic E-state index is 12.8. The lowest BCUT2D eigenvalue weighted by atomic mass is 10.1. The first-order valence-electron chi connectivity index (χ1n) is 6.83. The molecular weight excluding hydrogens is 323 g/mol. The molecule has 3 aromatic rings. The number of hydrogen-bond acceptors (Lipinski definition) is 2. The van der Waals surface area contributed by atoms with Crippen molar-refractivity contribution in [3.05, 3.63) is 76.3 Å². The van der Waals surface area contributed by atoms with Crippen LogP contribution in [-0.4, -0.2) is 14.8 Å². The van der Waals surface area contributed by atoms with Crippen LogP contribution < -0.4 is 0 Å². The highest BCUT2D eigenvalue weighted by atomic mass is 32.1. The Kier molecular flexibility index (Phi) is 4.04. The monoisotopic (exact) mass is 335 g/mol. The minimum atomic E-state index is -4.36. The topological polar surface area (TPSA) is 33.6 Å². The number of H-pyrrole nitrogens is 1. The van der Waals surface area contributed by atoms with E-state index in [2.05, 4.69) is 10.2 Å². The highest BCUT2D eigenvalue weighted by Gasteiger charge is 2.30. The number of alkyl halides is 3. The van der Waals surface area contributed by atoms with Crippen LogP contribution in [0.25, 0.3) is 5.69 Å². The van der Waals surface area contributed by atoms with Gasteiger partial charge in [-0.05, 0) is 36.0 Å². The molecule has 3 rings (SSSR count). The number of rotatable bonds is 3. The van der Waals surface area contributed by atoms with Crippen LogP contribution in [0.1, 0.15) is 17.0 Å².